The largest absolute Gasteiger partial charge is 0.454 e. The number of aromatic amines is 1. The van der Waals surface area contributed by atoms with Crippen molar-refractivity contribution < 1.29 is 18.3 Å². The number of benzene rings is 3. The summed E-state index contributed by atoms with van der Waals surface area (Å²) in [5, 5.41) is 14.3. The number of fused-ring (bicyclic) bond motifs is 1. The van der Waals surface area contributed by atoms with Crippen molar-refractivity contribution in [1.29, 1.82) is 0 Å². The molecule has 3 heterocycles. The molecule has 0 atom stereocenters. The van der Waals surface area contributed by atoms with Crippen LogP contribution in [0.15, 0.2) is 88.9 Å². The molecule has 0 radical (unpaired) electrons. The molecule has 1 aliphatic rings. The average Bonchev–Trinajstić information content (AvgIpc) is 3.43. The van der Waals surface area contributed by atoms with Crippen LogP contribution in [0.25, 0.3) is 22.2 Å². The molecule has 0 fully saturated rings. The van der Waals surface area contributed by atoms with E-state index in [0.29, 0.717) is 18.7 Å². The van der Waals surface area contributed by atoms with E-state index < -0.39 is 23.1 Å². The maximum atomic E-state index is 15.2. The van der Waals surface area contributed by atoms with Crippen molar-refractivity contribution in [1.82, 2.24) is 20.0 Å². The van der Waals surface area contributed by atoms with Crippen molar-refractivity contribution >= 4 is 34.3 Å². The molecule has 9 nitrogen and oxygen atoms in total. The van der Waals surface area contributed by atoms with Gasteiger partial charge in [-0.3, -0.25) is 19.7 Å². The summed E-state index contributed by atoms with van der Waals surface area (Å²) in [5.74, 6) is -1.54. The number of nitrogens with one attached hydrogen (secondary N) is 2. The first kappa shape index (κ1) is 24.9. The number of halogens is 2. The Kier molecular flexibility index (Phi) is 6.44. The minimum absolute atomic E-state index is 0.0465. The summed E-state index contributed by atoms with van der Waals surface area (Å²) in [4.78, 5) is 30.0. The van der Waals surface area contributed by atoms with Gasteiger partial charge < -0.3 is 10.1 Å². The molecule has 11 heteroatoms. The monoisotopic (exact) mass is 538 g/mol. The molecular formula is C29H20F2N6O3. The standard InChI is InChI=1S/C29H20F2N6O3/c30-19-1-4-21(5-2-19)37-29(39)22(9-12-34-37)28(38)35-20-3-6-26(24(31)14-20)40-27-13-18-16-33-36-25(18)15-23(27)17-7-10-32-11-8-17/h1-7,9-10,12-16H,8,11H2,(H,33,36)(H,35,38). The fourth-order valence-corrected chi connectivity index (χ4v) is 4.35. The van der Waals surface area contributed by atoms with Gasteiger partial charge in [-0.05, 0) is 72.7 Å². The number of anilines is 1. The topological polar surface area (TPSA) is 114 Å². The van der Waals surface area contributed by atoms with Crippen LogP contribution >= 0.6 is 0 Å². The molecule has 2 N–H and O–H groups in total. The Hall–Kier alpha value is -5.45. The lowest BCUT2D eigenvalue weighted by atomic mass is 9.99. The molecule has 0 aliphatic carbocycles. The van der Waals surface area contributed by atoms with Gasteiger partial charge in [0.1, 0.15) is 17.1 Å². The highest BCUT2D eigenvalue weighted by Gasteiger charge is 2.18. The van der Waals surface area contributed by atoms with Crippen LogP contribution in [0.5, 0.6) is 11.5 Å². The van der Waals surface area contributed by atoms with Gasteiger partial charge in [-0.25, -0.2) is 8.78 Å². The number of allylic oxidation sites excluding steroid dienone is 1. The SMILES string of the molecule is O=C(Nc1ccc(Oc2cc3cn[nH]c3cc2C2=CC=NCC2)c(F)c1)c1ccnn(-c2ccc(F)cc2)c1=O. The normalized spacial score (nSPS) is 12.8. The van der Waals surface area contributed by atoms with E-state index >= 15 is 4.39 Å². The second-order valence-electron chi connectivity index (χ2n) is 8.94. The van der Waals surface area contributed by atoms with Crippen LogP contribution in [-0.4, -0.2) is 38.6 Å². The van der Waals surface area contributed by atoms with Crippen LogP contribution < -0.4 is 15.6 Å². The molecule has 1 aliphatic heterocycles. The fourth-order valence-electron chi connectivity index (χ4n) is 4.35. The van der Waals surface area contributed by atoms with E-state index in [4.69, 9.17) is 4.74 Å². The number of amides is 1. The van der Waals surface area contributed by atoms with E-state index in [1.807, 2.05) is 12.1 Å². The first-order chi connectivity index (χ1) is 19.5. The molecular weight excluding hydrogens is 518 g/mol. The highest BCUT2D eigenvalue weighted by atomic mass is 19.1. The van der Waals surface area contributed by atoms with Crippen LogP contribution in [0.1, 0.15) is 22.3 Å². The molecule has 0 unspecified atom stereocenters. The van der Waals surface area contributed by atoms with Gasteiger partial charge in [0, 0.05) is 41.7 Å². The molecule has 3 aromatic carbocycles. The Bertz CT molecular complexity index is 1880. The highest BCUT2D eigenvalue weighted by molar-refractivity contribution is 6.04. The quantitative estimate of drug-likeness (QED) is 0.305. The number of rotatable bonds is 6. The van der Waals surface area contributed by atoms with Crippen molar-refractivity contribution in [2.24, 2.45) is 4.99 Å². The van der Waals surface area contributed by atoms with Gasteiger partial charge in [0.2, 0.25) is 0 Å². The summed E-state index contributed by atoms with van der Waals surface area (Å²) in [6.07, 6.45) is 7.26. The molecule has 40 heavy (non-hydrogen) atoms. The summed E-state index contributed by atoms with van der Waals surface area (Å²) < 4.78 is 35.4. The number of hydrogen-bond acceptors (Lipinski definition) is 6. The van der Waals surface area contributed by atoms with Gasteiger partial charge in [-0.1, -0.05) is 0 Å². The second-order valence-corrected chi connectivity index (χ2v) is 8.94. The molecule has 1 amide bonds. The summed E-state index contributed by atoms with van der Waals surface area (Å²) in [6, 6.07) is 14.0. The zero-order valence-electron chi connectivity index (χ0n) is 20.8. The minimum atomic E-state index is -0.755. The molecule has 198 valence electrons. The fraction of sp³-hybridized carbons (Fsp3) is 0.0690. The first-order valence-electron chi connectivity index (χ1n) is 12.3. The van der Waals surface area contributed by atoms with Crippen molar-refractivity contribution in [3.05, 3.63) is 112 Å². The Balaban J connectivity index is 1.25. The Labute approximate surface area is 225 Å². The van der Waals surface area contributed by atoms with Crippen LogP contribution in [-0.2, 0) is 0 Å². The zero-order valence-corrected chi connectivity index (χ0v) is 20.8. The van der Waals surface area contributed by atoms with Crippen LogP contribution in [0.2, 0.25) is 0 Å². The van der Waals surface area contributed by atoms with E-state index in [1.54, 1.807) is 18.5 Å². The van der Waals surface area contributed by atoms with Crippen LogP contribution in [0, 0.1) is 11.6 Å². The molecule has 6 rings (SSSR count). The number of carbonyl (C=O) groups is 1. The van der Waals surface area contributed by atoms with Gasteiger partial charge >= 0.3 is 0 Å². The molecule has 2 aromatic heterocycles. The molecule has 0 bridgehead atoms. The number of dihydropyridines is 1. The molecule has 0 spiro atoms. The maximum Gasteiger partial charge on any atom is 0.284 e. The van der Waals surface area contributed by atoms with Crippen LogP contribution in [0.3, 0.4) is 0 Å². The van der Waals surface area contributed by atoms with Crippen LogP contribution in [0.4, 0.5) is 14.5 Å². The van der Waals surface area contributed by atoms with E-state index in [-0.39, 0.29) is 22.7 Å². The molecule has 0 saturated heterocycles. The molecule has 0 saturated carbocycles. The lowest BCUT2D eigenvalue weighted by Gasteiger charge is -2.16. The number of aliphatic imine (C=N–C) groups is 1. The summed E-state index contributed by atoms with van der Waals surface area (Å²) in [6.45, 7) is 0.640. The van der Waals surface area contributed by atoms with Crippen molar-refractivity contribution in [2.75, 3.05) is 11.9 Å². The van der Waals surface area contributed by atoms with Gasteiger partial charge in [0.25, 0.3) is 11.5 Å². The van der Waals surface area contributed by atoms with E-state index in [2.05, 4.69) is 25.6 Å². The Morgan fingerprint density at radius 3 is 2.65 bits per heavy atom. The minimum Gasteiger partial charge on any atom is -0.454 e. The highest BCUT2D eigenvalue weighted by Crippen LogP contribution is 2.36. The van der Waals surface area contributed by atoms with E-state index in [9.17, 15) is 14.0 Å². The average molecular weight is 539 g/mol. The van der Waals surface area contributed by atoms with Crippen molar-refractivity contribution in [2.45, 2.75) is 6.42 Å². The third kappa shape index (κ3) is 4.87. The zero-order chi connectivity index (χ0) is 27.6. The van der Waals surface area contributed by atoms with Gasteiger partial charge in [-0.15, -0.1) is 0 Å². The van der Waals surface area contributed by atoms with Crippen molar-refractivity contribution in [3.8, 4) is 17.2 Å². The third-order valence-electron chi connectivity index (χ3n) is 6.35. The lowest BCUT2D eigenvalue weighted by Crippen LogP contribution is -2.29. The Morgan fingerprint density at radius 2 is 1.88 bits per heavy atom. The number of ether oxygens (including phenoxy) is 1. The molecule has 5 aromatic rings. The van der Waals surface area contributed by atoms with E-state index in [0.717, 1.165) is 32.8 Å². The summed E-state index contributed by atoms with van der Waals surface area (Å²) in [5.41, 5.74) is 2.08. The smallest absolute Gasteiger partial charge is 0.284 e. The predicted molar refractivity (Wildman–Crippen MR) is 146 cm³/mol. The summed E-state index contributed by atoms with van der Waals surface area (Å²) >= 11 is 0. The Morgan fingerprint density at radius 1 is 1.02 bits per heavy atom. The van der Waals surface area contributed by atoms with Gasteiger partial charge in [0.05, 0.1) is 17.4 Å². The maximum absolute atomic E-state index is 15.2. The van der Waals surface area contributed by atoms with E-state index in [1.165, 1.54) is 48.7 Å². The first-order valence-corrected chi connectivity index (χ1v) is 12.3. The third-order valence-corrected chi connectivity index (χ3v) is 6.35. The number of H-pyrrole nitrogens is 1. The lowest BCUT2D eigenvalue weighted by molar-refractivity contribution is 0.102. The number of aromatic nitrogens is 4. The predicted octanol–water partition coefficient (Wildman–Crippen LogP) is 5.29. The summed E-state index contributed by atoms with van der Waals surface area (Å²) in [7, 11) is 0. The van der Waals surface area contributed by atoms with Gasteiger partial charge in [-0.2, -0.15) is 14.9 Å². The second kappa shape index (κ2) is 10.4. The van der Waals surface area contributed by atoms with Gasteiger partial charge in [0.15, 0.2) is 11.6 Å². The number of carbonyl (C=O) groups excluding carboxylic acids is 1. The number of nitrogens with zero attached hydrogens (tertiary/aromatic N) is 4. The number of hydrogen-bond donors (Lipinski definition) is 2. The van der Waals surface area contributed by atoms with Crippen molar-refractivity contribution in [3.63, 3.8) is 0 Å².